The van der Waals surface area contributed by atoms with Gasteiger partial charge in [0.2, 0.25) is 0 Å². The molecule has 0 radical (unpaired) electrons. The number of Topliss-reactive ketones (excluding diaryl/α,β-unsaturated/α-hetero) is 3. The smallest absolute Gasteiger partial charge is 0.183 e. The molecular formula is C15H28Cl2N4O3. The van der Waals surface area contributed by atoms with Gasteiger partial charge in [-0.2, -0.15) is 0 Å². The molecule has 0 saturated carbocycles. The van der Waals surface area contributed by atoms with Gasteiger partial charge in [-0.15, -0.1) is 23.2 Å². The largest absolute Gasteiger partial charge is 0.330 e. The first-order chi connectivity index (χ1) is 11.3. The van der Waals surface area contributed by atoms with Crippen LogP contribution in [0.15, 0.2) is 0 Å². The van der Waals surface area contributed by atoms with E-state index in [-0.39, 0.29) is 0 Å². The lowest BCUT2D eigenvalue weighted by Gasteiger charge is -2.18. The Balaban J connectivity index is 4.57. The van der Waals surface area contributed by atoms with Crippen molar-refractivity contribution in [2.45, 2.75) is 61.4 Å². The predicted molar refractivity (Wildman–Crippen MR) is 96.1 cm³/mol. The normalized spacial score (nSPS) is 16.2. The average Bonchev–Trinajstić information content (AvgIpc) is 2.58. The Labute approximate surface area is 152 Å². The minimum Gasteiger partial charge on any atom is -0.330 e. The average molecular weight is 383 g/mol. The fourth-order valence-electron chi connectivity index (χ4n) is 2.09. The van der Waals surface area contributed by atoms with Crippen molar-refractivity contribution in [2.24, 2.45) is 22.9 Å². The Bertz CT molecular complexity index is 388. The number of halogens is 2. The highest BCUT2D eigenvalue weighted by molar-refractivity contribution is 6.52. The van der Waals surface area contributed by atoms with Gasteiger partial charge in [-0.25, -0.2) is 0 Å². The summed E-state index contributed by atoms with van der Waals surface area (Å²) in [5.74, 6) is -2.17. The van der Waals surface area contributed by atoms with Gasteiger partial charge in [0, 0.05) is 0 Å². The van der Waals surface area contributed by atoms with Crippen LogP contribution in [0.1, 0.15) is 38.5 Å². The number of ketones is 3. The van der Waals surface area contributed by atoms with Gasteiger partial charge in [0.1, 0.15) is 0 Å². The summed E-state index contributed by atoms with van der Waals surface area (Å²) in [5.41, 5.74) is 22.2. The molecular weight excluding hydrogens is 355 g/mol. The second-order valence-corrected chi connectivity index (χ2v) is 6.59. The van der Waals surface area contributed by atoms with E-state index >= 15 is 0 Å². The summed E-state index contributed by atoms with van der Waals surface area (Å²) < 4.78 is 0. The van der Waals surface area contributed by atoms with Crippen molar-refractivity contribution in [3.8, 4) is 0 Å². The molecule has 9 heteroatoms. The molecule has 7 nitrogen and oxygen atoms in total. The highest BCUT2D eigenvalue weighted by Crippen LogP contribution is 2.15. The van der Waals surface area contributed by atoms with E-state index in [9.17, 15) is 14.4 Å². The summed E-state index contributed by atoms with van der Waals surface area (Å²) in [6.07, 6.45) is 3.47. The zero-order valence-corrected chi connectivity index (χ0v) is 15.3. The first-order valence-electron chi connectivity index (χ1n) is 8.08. The first kappa shape index (κ1) is 23.4. The second-order valence-electron chi connectivity index (χ2n) is 5.71. The second kappa shape index (κ2) is 12.7. The fraction of sp³-hybridized carbons (Fsp3) is 0.800. The van der Waals surface area contributed by atoms with Gasteiger partial charge < -0.3 is 22.9 Å². The standard InChI is InChI=1S/C15H28Cl2N4O3/c16-11(13(22)9(20)5-1-3-7-18)15(24)12(17)14(23)10(21)6-2-4-8-19/h9-12H,1-8,18-21H2/t9-,10-,11?,12?/m0/s1. The molecule has 0 heterocycles. The molecule has 0 aromatic heterocycles. The number of rotatable bonds is 14. The molecule has 0 amide bonds. The molecule has 8 N–H and O–H groups in total. The van der Waals surface area contributed by atoms with Crippen LogP contribution in [0.4, 0.5) is 0 Å². The van der Waals surface area contributed by atoms with Gasteiger partial charge in [0.05, 0.1) is 12.1 Å². The lowest BCUT2D eigenvalue weighted by atomic mass is 9.96. The van der Waals surface area contributed by atoms with E-state index in [1.54, 1.807) is 0 Å². The summed E-state index contributed by atoms with van der Waals surface area (Å²) in [6.45, 7) is 0.981. The topological polar surface area (TPSA) is 155 Å². The number of nitrogens with two attached hydrogens (primary N) is 4. The quantitative estimate of drug-likeness (QED) is 0.184. The van der Waals surface area contributed by atoms with Gasteiger partial charge in [-0.3, -0.25) is 14.4 Å². The van der Waals surface area contributed by atoms with Gasteiger partial charge in [0.15, 0.2) is 28.1 Å². The zero-order chi connectivity index (χ0) is 18.7. The van der Waals surface area contributed by atoms with Crippen molar-refractivity contribution in [3.05, 3.63) is 0 Å². The maximum Gasteiger partial charge on any atom is 0.183 e. The number of carbonyl (C=O) groups is 3. The van der Waals surface area contributed by atoms with Crippen LogP contribution in [0.3, 0.4) is 0 Å². The number of unbranched alkanes of at least 4 members (excludes halogenated alkanes) is 2. The molecule has 0 aromatic carbocycles. The van der Waals surface area contributed by atoms with Crippen molar-refractivity contribution in [3.63, 3.8) is 0 Å². The predicted octanol–water partition coefficient (Wildman–Crippen LogP) is -0.179. The number of alkyl halides is 2. The number of hydrogen-bond donors (Lipinski definition) is 4. The maximum absolute atomic E-state index is 12.1. The Kier molecular flexibility index (Phi) is 12.4. The van der Waals surface area contributed by atoms with Crippen molar-refractivity contribution in [1.82, 2.24) is 0 Å². The van der Waals surface area contributed by atoms with Gasteiger partial charge >= 0.3 is 0 Å². The lowest BCUT2D eigenvalue weighted by molar-refractivity contribution is -0.130. The molecule has 0 fully saturated rings. The van der Waals surface area contributed by atoms with Crippen molar-refractivity contribution < 1.29 is 14.4 Å². The SMILES string of the molecule is NCCCC[C@H](N)C(=O)C(Cl)C(=O)C(Cl)C(=O)[C@@H](N)CCCCN. The third kappa shape index (κ3) is 8.00. The van der Waals surface area contributed by atoms with Crippen molar-refractivity contribution in [1.29, 1.82) is 0 Å². The maximum atomic E-state index is 12.1. The number of carbonyl (C=O) groups excluding carboxylic acids is 3. The first-order valence-corrected chi connectivity index (χ1v) is 8.95. The summed E-state index contributed by atoms with van der Waals surface area (Å²) in [7, 11) is 0. The molecule has 140 valence electrons. The third-order valence-electron chi connectivity index (χ3n) is 3.67. The molecule has 0 aliphatic heterocycles. The minimum absolute atomic E-state index is 0.367. The Hall–Kier alpha value is -0.570. The van der Waals surface area contributed by atoms with Crippen LogP contribution in [0, 0.1) is 0 Å². The van der Waals surface area contributed by atoms with Gasteiger partial charge in [0.25, 0.3) is 0 Å². The summed E-state index contributed by atoms with van der Waals surface area (Å²) in [4.78, 5) is 36.3. The minimum atomic E-state index is -1.56. The molecule has 24 heavy (non-hydrogen) atoms. The molecule has 2 unspecified atom stereocenters. The van der Waals surface area contributed by atoms with Crippen LogP contribution in [0.2, 0.25) is 0 Å². The van der Waals surface area contributed by atoms with Crippen LogP contribution in [0.25, 0.3) is 0 Å². The van der Waals surface area contributed by atoms with Crippen LogP contribution in [-0.4, -0.2) is 53.3 Å². The van der Waals surface area contributed by atoms with E-state index in [0.29, 0.717) is 38.8 Å². The summed E-state index contributed by atoms with van der Waals surface area (Å²) in [6, 6.07) is -1.78. The Morgan fingerprint density at radius 2 is 1.00 bits per heavy atom. The Morgan fingerprint density at radius 1 is 0.667 bits per heavy atom. The third-order valence-corrected chi connectivity index (χ3v) is 4.53. The molecule has 0 spiro atoms. The molecule has 0 saturated heterocycles. The molecule has 4 atom stereocenters. The van der Waals surface area contributed by atoms with E-state index in [2.05, 4.69) is 0 Å². The van der Waals surface area contributed by atoms with Crippen LogP contribution in [-0.2, 0) is 14.4 Å². The molecule has 0 aliphatic carbocycles. The monoisotopic (exact) mass is 382 g/mol. The van der Waals surface area contributed by atoms with Gasteiger partial charge in [-0.1, -0.05) is 12.8 Å². The highest BCUT2D eigenvalue weighted by atomic mass is 35.5. The molecule has 0 aromatic rings. The molecule has 0 aliphatic rings. The fourth-order valence-corrected chi connectivity index (χ4v) is 2.73. The van der Waals surface area contributed by atoms with E-state index in [1.165, 1.54) is 0 Å². The van der Waals surface area contributed by atoms with Crippen LogP contribution < -0.4 is 22.9 Å². The summed E-state index contributed by atoms with van der Waals surface area (Å²) >= 11 is 11.7. The zero-order valence-electron chi connectivity index (χ0n) is 13.8. The molecule has 0 bridgehead atoms. The van der Waals surface area contributed by atoms with Crippen molar-refractivity contribution >= 4 is 40.6 Å². The van der Waals surface area contributed by atoms with E-state index < -0.39 is 40.2 Å². The Morgan fingerprint density at radius 3 is 1.29 bits per heavy atom. The van der Waals surface area contributed by atoms with Crippen LogP contribution in [0.5, 0.6) is 0 Å². The van der Waals surface area contributed by atoms with Crippen LogP contribution >= 0.6 is 23.2 Å². The highest BCUT2D eigenvalue weighted by Gasteiger charge is 2.37. The van der Waals surface area contributed by atoms with E-state index in [0.717, 1.165) is 12.8 Å². The lowest BCUT2D eigenvalue weighted by Crippen LogP contribution is -2.47. The summed E-state index contributed by atoms with van der Waals surface area (Å²) in [5, 5.41) is -3.11. The number of hydrogen-bond acceptors (Lipinski definition) is 7. The van der Waals surface area contributed by atoms with E-state index in [1.807, 2.05) is 0 Å². The van der Waals surface area contributed by atoms with E-state index in [4.69, 9.17) is 46.1 Å². The van der Waals surface area contributed by atoms with Gasteiger partial charge in [-0.05, 0) is 38.8 Å². The van der Waals surface area contributed by atoms with Crippen molar-refractivity contribution in [2.75, 3.05) is 13.1 Å². The molecule has 0 rings (SSSR count).